The Labute approximate surface area is 89.0 Å². The van der Waals surface area contributed by atoms with Crippen LogP contribution in [0.25, 0.3) is 0 Å². The van der Waals surface area contributed by atoms with Crippen molar-refractivity contribution in [1.29, 1.82) is 0 Å². The first-order valence-corrected chi connectivity index (χ1v) is 5.26. The molecule has 0 spiro atoms. The van der Waals surface area contributed by atoms with Crippen LogP contribution in [0.4, 0.5) is 0 Å². The monoisotopic (exact) mass is 193 g/mol. The zero-order chi connectivity index (χ0) is 11.0. The van der Waals surface area contributed by atoms with Crippen molar-refractivity contribution in [2.75, 3.05) is 6.54 Å². The van der Waals surface area contributed by atoms with Crippen LogP contribution < -0.4 is 5.32 Å². The van der Waals surface area contributed by atoms with Gasteiger partial charge in [0.05, 0.1) is 0 Å². The molecule has 0 aromatic heterocycles. The minimum absolute atomic E-state index is 0.227. The molecule has 0 aliphatic heterocycles. The standard InChI is InChI=1S/C13H23N/c1-6-7-9-12(2)10-8-11-14-13(3,4)5/h10,14H,8-9,11H2,1-5H3. The van der Waals surface area contributed by atoms with Crippen molar-refractivity contribution in [2.45, 2.75) is 53.0 Å². The molecule has 1 heteroatoms. The Morgan fingerprint density at radius 2 is 2.00 bits per heavy atom. The second-order valence-corrected chi connectivity index (χ2v) is 4.62. The molecule has 0 atom stereocenters. The highest BCUT2D eigenvalue weighted by Crippen LogP contribution is 2.02. The summed E-state index contributed by atoms with van der Waals surface area (Å²) in [5.41, 5.74) is 1.60. The normalized spacial score (nSPS) is 12.2. The lowest BCUT2D eigenvalue weighted by Gasteiger charge is -2.19. The highest BCUT2D eigenvalue weighted by molar-refractivity contribution is 5.10. The fourth-order valence-electron chi connectivity index (χ4n) is 1.07. The fourth-order valence-corrected chi connectivity index (χ4v) is 1.07. The Bertz CT molecular complexity index is 232. The molecule has 1 N–H and O–H groups in total. The van der Waals surface area contributed by atoms with E-state index < -0.39 is 0 Å². The van der Waals surface area contributed by atoms with E-state index in [0.717, 1.165) is 19.4 Å². The van der Waals surface area contributed by atoms with E-state index in [4.69, 9.17) is 0 Å². The van der Waals surface area contributed by atoms with Crippen LogP contribution >= 0.6 is 0 Å². The van der Waals surface area contributed by atoms with Gasteiger partial charge in [-0.05, 0) is 47.6 Å². The summed E-state index contributed by atoms with van der Waals surface area (Å²) >= 11 is 0. The number of allylic oxidation sites excluding steroid dienone is 1. The molecule has 1 nitrogen and oxygen atoms in total. The van der Waals surface area contributed by atoms with Crippen LogP contribution in [0.15, 0.2) is 11.6 Å². The van der Waals surface area contributed by atoms with Crippen LogP contribution in [-0.4, -0.2) is 12.1 Å². The average Bonchev–Trinajstić information content (AvgIpc) is 2.07. The van der Waals surface area contributed by atoms with Crippen molar-refractivity contribution in [3.63, 3.8) is 0 Å². The Morgan fingerprint density at radius 3 is 2.50 bits per heavy atom. The van der Waals surface area contributed by atoms with Crippen molar-refractivity contribution in [2.24, 2.45) is 0 Å². The predicted molar refractivity (Wildman–Crippen MR) is 64.2 cm³/mol. The third-order valence-electron chi connectivity index (χ3n) is 1.84. The molecule has 0 fully saturated rings. The Kier molecular flexibility index (Phi) is 6.32. The molecule has 0 heterocycles. The zero-order valence-electron chi connectivity index (χ0n) is 10.2. The second kappa shape index (κ2) is 6.68. The quantitative estimate of drug-likeness (QED) is 0.411. The van der Waals surface area contributed by atoms with Gasteiger partial charge in [-0.15, -0.1) is 5.92 Å². The number of nitrogens with one attached hydrogen (secondary N) is 1. The number of rotatable bonds is 4. The lowest BCUT2D eigenvalue weighted by molar-refractivity contribution is 0.431. The van der Waals surface area contributed by atoms with E-state index >= 15 is 0 Å². The number of hydrogen-bond acceptors (Lipinski definition) is 1. The summed E-state index contributed by atoms with van der Waals surface area (Å²) < 4.78 is 0. The van der Waals surface area contributed by atoms with E-state index in [0.29, 0.717) is 0 Å². The van der Waals surface area contributed by atoms with Gasteiger partial charge in [0.2, 0.25) is 0 Å². The van der Waals surface area contributed by atoms with Crippen LogP contribution in [0.3, 0.4) is 0 Å². The molecule has 0 aromatic rings. The first-order valence-electron chi connectivity index (χ1n) is 5.26. The van der Waals surface area contributed by atoms with Crippen LogP contribution in [0.1, 0.15) is 47.5 Å². The summed E-state index contributed by atoms with van der Waals surface area (Å²) in [7, 11) is 0. The molecule has 0 saturated heterocycles. The summed E-state index contributed by atoms with van der Waals surface area (Å²) in [6.45, 7) is 11.6. The second-order valence-electron chi connectivity index (χ2n) is 4.62. The maximum Gasteiger partial charge on any atom is 0.0296 e. The van der Waals surface area contributed by atoms with Gasteiger partial charge in [-0.3, -0.25) is 0 Å². The van der Waals surface area contributed by atoms with E-state index in [2.05, 4.69) is 50.9 Å². The van der Waals surface area contributed by atoms with Crippen molar-refractivity contribution >= 4 is 0 Å². The fraction of sp³-hybridized carbons (Fsp3) is 0.692. The molecule has 80 valence electrons. The minimum Gasteiger partial charge on any atom is -0.312 e. The van der Waals surface area contributed by atoms with Crippen molar-refractivity contribution in [1.82, 2.24) is 5.32 Å². The highest BCUT2D eigenvalue weighted by Gasteiger charge is 2.06. The lowest BCUT2D eigenvalue weighted by Crippen LogP contribution is -2.36. The summed E-state index contributed by atoms with van der Waals surface area (Å²) in [6.07, 6.45) is 4.27. The smallest absolute Gasteiger partial charge is 0.0296 e. The molecular weight excluding hydrogens is 170 g/mol. The molecule has 0 radical (unpaired) electrons. The van der Waals surface area contributed by atoms with Crippen molar-refractivity contribution in [3.05, 3.63) is 11.6 Å². The van der Waals surface area contributed by atoms with Gasteiger partial charge in [-0.25, -0.2) is 0 Å². The van der Waals surface area contributed by atoms with E-state index in [1.807, 2.05) is 6.92 Å². The SMILES string of the molecule is CC#CCC(C)=CCCNC(C)(C)C. The van der Waals surface area contributed by atoms with Gasteiger partial charge in [0.15, 0.2) is 0 Å². The van der Waals surface area contributed by atoms with E-state index in [-0.39, 0.29) is 5.54 Å². The first kappa shape index (κ1) is 13.3. The molecule has 0 saturated carbocycles. The topological polar surface area (TPSA) is 12.0 Å². The summed E-state index contributed by atoms with van der Waals surface area (Å²) in [6, 6.07) is 0. The van der Waals surface area contributed by atoms with Crippen LogP contribution in [0.2, 0.25) is 0 Å². The molecule has 0 bridgehead atoms. The molecule has 0 unspecified atom stereocenters. The summed E-state index contributed by atoms with van der Waals surface area (Å²) in [4.78, 5) is 0. The summed E-state index contributed by atoms with van der Waals surface area (Å²) in [5.74, 6) is 5.97. The van der Waals surface area contributed by atoms with Gasteiger partial charge in [0, 0.05) is 12.0 Å². The Hall–Kier alpha value is -0.740. The predicted octanol–water partition coefficient (Wildman–Crippen LogP) is 3.12. The van der Waals surface area contributed by atoms with Gasteiger partial charge in [0.25, 0.3) is 0 Å². The van der Waals surface area contributed by atoms with Crippen molar-refractivity contribution in [3.8, 4) is 11.8 Å². The van der Waals surface area contributed by atoms with E-state index in [1.165, 1.54) is 5.57 Å². The third-order valence-corrected chi connectivity index (χ3v) is 1.84. The molecule has 0 aliphatic rings. The Morgan fingerprint density at radius 1 is 1.36 bits per heavy atom. The molecular formula is C13H23N. The molecule has 14 heavy (non-hydrogen) atoms. The van der Waals surface area contributed by atoms with Crippen molar-refractivity contribution < 1.29 is 0 Å². The van der Waals surface area contributed by atoms with E-state index in [1.54, 1.807) is 0 Å². The lowest BCUT2D eigenvalue weighted by atomic mass is 10.1. The van der Waals surface area contributed by atoms with Gasteiger partial charge in [0.1, 0.15) is 0 Å². The maximum atomic E-state index is 3.45. The Balaban J connectivity index is 3.64. The van der Waals surface area contributed by atoms with Gasteiger partial charge < -0.3 is 5.32 Å². The largest absolute Gasteiger partial charge is 0.312 e. The summed E-state index contributed by atoms with van der Waals surface area (Å²) in [5, 5.41) is 3.45. The zero-order valence-corrected chi connectivity index (χ0v) is 10.2. The molecule has 0 amide bonds. The minimum atomic E-state index is 0.227. The molecule has 0 aliphatic carbocycles. The molecule has 0 aromatic carbocycles. The first-order chi connectivity index (χ1) is 6.45. The number of hydrogen-bond donors (Lipinski definition) is 1. The average molecular weight is 193 g/mol. The van der Waals surface area contributed by atoms with Gasteiger partial charge in [-0.1, -0.05) is 17.6 Å². The van der Waals surface area contributed by atoms with Crippen LogP contribution in [0.5, 0.6) is 0 Å². The van der Waals surface area contributed by atoms with E-state index in [9.17, 15) is 0 Å². The van der Waals surface area contributed by atoms with Gasteiger partial charge in [-0.2, -0.15) is 0 Å². The van der Waals surface area contributed by atoms with Crippen LogP contribution in [-0.2, 0) is 0 Å². The highest BCUT2D eigenvalue weighted by atomic mass is 14.9. The third kappa shape index (κ3) is 9.35. The maximum absolute atomic E-state index is 3.45. The van der Waals surface area contributed by atoms with Crippen LogP contribution in [0, 0.1) is 11.8 Å². The van der Waals surface area contributed by atoms with Gasteiger partial charge >= 0.3 is 0 Å². The molecule has 0 rings (SSSR count).